The molecule has 1 saturated carbocycles. The van der Waals surface area contributed by atoms with Gasteiger partial charge in [0.1, 0.15) is 5.15 Å². The predicted octanol–water partition coefficient (Wildman–Crippen LogP) is 3.19. The Bertz CT molecular complexity index is 595. The first-order chi connectivity index (χ1) is 13.2. The third kappa shape index (κ3) is 6.00. The Morgan fingerprint density at radius 3 is 2.70 bits per heavy atom. The molecule has 0 atom stereocenters. The van der Waals surface area contributed by atoms with Crippen molar-refractivity contribution in [3.05, 3.63) is 29.0 Å². The number of aliphatic imine (C=N–C) groups is 1. The molecule has 2 N–H and O–H groups in total. The fourth-order valence-corrected chi connectivity index (χ4v) is 5.11. The summed E-state index contributed by atoms with van der Waals surface area (Å²) in [6.07, 6.45) is 8.01. The summed E-state index contributed by atoms with van der Waals surface area (Å²) in [7, 11) is 0. The summed E-state index contributed by atoms with van der Waals surface area (Å²) in [4.78, 5) is 11.9. The van der Waals surface area contributed by atoms with E-state index in [0.29, 0.717) is 5.15 Å². The molecule has 7 heteroatoms. The van der Waals surface area contributed by atoms with Crippen molar-refractivity contribution in [1.82, 2.24) is 20.5 Å². The number of halogens is 1. The minimum atomic E-state index is 0.281. The molecule has 0 spiro atoms. The summed E-state index contributed by atoms with van der Waals surface area (Å²) in [5.41, 5.74) is 1.46. The number of pyridine rings is 1. The van der Waals surface area contributed by atoms with Gasteiger partial charge in [0.25, 0.3) is 0 Å². The second-order valence-corrected chi connectivity index (χ2v) is 9.00. The Morgan fingerprint density at radius 1 is 1.26 bits per heavy atom. The summed E-state index contributed by atoms with van der Waals surface area (Å²) in [5, 5.41) is 7.43. The number of aromatic nitrogens is 1. The number of hydrogen-bond acceptors (Lipinski definition) is 4. The number of nitrogens with zero attached hydrogens (tertiary/aromatic N) is 3. The van der Waals surface area contributed by atoms with E-state index in [1.807, 2.05) is 18.3 Å². The van der Waals surface area contributed by atoms with Crippen LogP contribution in [0.15, 0.2) is 23.3 Å². The average Bonchev–Trinajstić information content (AvgIpc) is 3.18. The van der Waals surface area contributed by atoms with Crippen LogP contribution in [0.5, 0.6) is 0 Å². The Labute approximate surface area is 172 Å². The number of hydrogen-bond donors (Lipinski definition) is 2. The summed E-state index contributed by atoms with van der Waals surface area (Å²) >= 11 is 7.94. The molecule has 0 bridgehead atoms. The fourth-order valence-electron chi connectivity index (χ4n) is 4.09. The zero-order chi connectivity index (χ0) is 19.0. The van der Waals surface area contributed by atoms with E-state index < -0.39 is 0 Å². The maximum absolute atomic E-state index is 5.86. The highest BCUT2D eigenvalue weighted by molar-refractivity contribution is 7.99. The molecule has 2 fully saturated rings. The van der Waals surface area contributed by atoms with E-state index in [4.69, 9.17) is 16.6 Å². The lowest BCUT2D eigenvalue weighted by Crippen LogP contribution is -2.53. The van der Waals surface area contributed by atoms with Crippen molar-refractivity contribution in [2.75, 3.05) is 44.2 Å². The third-order valence-electron chi connectivity index (χ3n) is 5.59. The van der Waals surface area contributed by atoms with Gasteiger partial charge in [0.05, 0.1) is 6.54 Å². The average molecular weight is 410 g/mol. The zero-order valence-corrected chi connectivity index (χ0v) is 17.9. The Morgan fingerprint density at radius 2 is 2.04 bits per heavy atom. The molecule has 0 aromatic carbocycles. The van der Waals surface area contributed by atoms with Crippen LogP contribution in [0.4, 0.5) is 0 Å². The van der Waals surface area contributed by atoms with E-state index in [-0.39, 0.29) is 5.54 Å². The summed E-state index contributed by atoms with van der Waals surface area (Å²) in [6, 6.07) is 3.87. The van der Waals surface area contributed by atoms with Crippen LogP contribution in [0.1, 0.15) is 38.2 Å². The van der Waals surface area contributed by atoms with Crippen molar-refractivity contribution < 1.29 is 0 Å². The summed E-state index contributed by atoms with van der Waals surface area (Å²) in [6.45, 7) is 7.16. The lowest BCUT2D eigenvalue weighted by Gasteiger charge is -2.42. The van der Waals surface area contributed by atoms with Crippen molar-refractivity contribution >= 4 is 29.3 Å². The number of thioether (sulfide) groups is 1. The molecule has 0 unspecified atom stereocenters. The highest BCUT2D eigenvalue weighted by Gasteiger charge is 2.39. The minimum Gasteiger partial charge on any atom is -0.357 e. The van der Waals surface area contributed by atoms with E-state index >= 15 is 0 Å². The van der Waals surface area contributed by atoms with Crippen molar-refractivity contribution in [2.45, 2.75) is 44.6 Å². The van der Waals surface area contributed by atoms with Gasteiger partial charge in [0, 0.05) is 49.4 Å². The Hall–Kier alpha value is -0.980. The lowest BCUT2D eigenvalue weighted by molar-refractivity contribution is 0.112. The first-order valence-electron chi connectivity index (χ1n) is 10.2. The highest BCUT2D eigenvalue weighted by atomic mass is 35.5. The van der Waals surface area contributed by atoms with Gasteiger partial charge in [-0.1, -0.05) is 30.5 Å². The van der Waals surface area contributed by atoms with E-state index in [1.165, 1.54) is 55.8 Å². The zero-order valence-electron chi connectivity index (χ0n) is 16.3. The molecule has 1 aliphatic carbocycles. The van der Waals surface area contributed by atoms with Crippen LogP contribution in [0.3, 0.4) is 0 Å². The van der Waals surface area contributed by atoms with Gasteiger partial charge in [-0.05, 0) is 37.8 Å². The van der Waals surface area contributed by atoms with E-state index in [1.54, 1.807) is 0 Å². The predicted molar refractivity (Wildman–Crippen MR) is 117 cm³/mol. The normalized spacial score (nSPS) is 20.6. The Kier molecular flexibility index (Phi) is 8.09. The van der Waals surface area contributed by atoms with E-state index in [2.05, 4.69) is 39.2 Å². The fraction of sp³-hybridized carbons (Fsp3) is 0.700. The van der Waals surface area contributed by atoms with Gasteiger partial charge in [-0.3, -0.25) is 9.89 Å². The molecule has 2 aliphatic rings. The molecule has 150 valence electrons. The molecule has 1 saturated heterocycles. The van der Waals surface area contributed by atoms with Crippen LogP contribution in [0, 0.1) is 0 Å². The van der Waals surface area contributed by atoms with Crippen molar-refractivity contribution in [3.63, 3.8) is 0 Å². The van der Waals surface area contributed by atoms with Gasteiger partial charge in [-0.2, -0.15) is 11.8 Å². The monoisotopic (exact) mass is 409 g/mol. The summed E-state index contributed by atoms with van der Waals surface area (Å²) in [5.74, 6) is 3.45. The van der Waals surface area contributed by atoms with Crippen LogP contribution < -0.4 is 10.6 Å². The van der Waals surface area contributed by atoms with E-state index in [0.717, 1.165) is 32.0 Å². The van der Waals surface area contributed by atoms with Crippen LogP contribution in [0.2, 0.25) is 5.15 Å². The summed E-state index contributed by atoms with van der Waals surface area (Å²) < 4.78 is 0. The molecular formula is C20H32ClN5S. The molecule has 1 aromatic heterocycles. The van der Waals surface area contributed by atoms with Crippen molar-refractivity contribution in [1.29, 1.82) is 0 Å². The SMILES string of the molecule is CCNC(=NCC1(N2CCSCC2)CCCC1)NCCc1ccc(Cl)nc1. The molecule has 27 heavy (non-hydrogen) atoms. The molecule has 0 radical (unpaired) electrons. The molecule has 5 nitrogen and oxygen atoms in total. The maximum Gasteiger partial charge on any atom is 0.191 e. The minimum absolute atomic E-state index is 0.281. The quantitative estimate of drug-likeness (QED) is 0.411. The number of nitrogens with one attached hydrogen (secondary N) is 2. The van der Waals surface area contributed by atoms with Gasteiger partial charge in [0.15, 0.2) is 5.96 Å². The van der Waals surface area contributed by atoms with Crippen LogP contribution in [0.25, 0.3) is 0 Å². The van der Waals surface area contributed by atoms with Crippen LogP contribution >= 0.6 is 23.4 Å². The van der Waals surface area contributed by atoms with Crippen molar-refractivity contribution in [3.8, 4) is 0 Å². The number of rotatable bonds is 7. The molecule has 0 amide bonds. The maximum atomic E-state index is 5.86. The first-order valence-corrected chi connectivity index (χ1v) is 11.7. The van der Waals surface area contributed by atoms with Gasteiger partial charge in [0.2, 0.25) is 0 Å². The lowest BCUT2D eigenvalue weighted by atomic mass is 9.95. The second kappa shape index (κ2) is 10.5. The van der Waals surface area contributed by atoms with Gasteiger partial charge in [-0.25, -0.2) is 4.98 Å². The molecule has 1 aromatic rings. The highest BCUT2D eigenvalue weighted by Crippen LogP contribution is 2.37. The molecule has 1 aliphatic heterocycles. The van der Waals surface area contributed by atoms with E-state index in [9.17, 15) is 0 Å². The second-order valence-electron chi connectivity index (χ2n) is 7.39. The Balaban J connectivity index is 1.57. The third-order valence-corrected chi connectivity index (χ3v) is 6.75. The topological polar surface area (TPSA) is 52.6 Å². The van der Waals surface area contributed by atoms with Gasteiger partial charge >= 0.3 is 0 Å². The molecule has 3 rings (SSSR count). The molecular weight excluding hydrogens is 378 g/mol. The van der Waals surface area contributed by atoms with Gasteiger partial charge < -0.3 is 10.6 Å². The first kappa shape index (κ1) is 20.7. The van der Waals surface area contributed by atoms with Gasteiger partial charge in [-0.15, -0.1) is 0 Å². The smallest absolute Gasteiger partial charge is 0.191 e. The van der Waals surface area contributed by atoms with Crippen LogP contribution in [-0.4, -0.2) is 65.6 Å². The van der Waals surface area contributed by atoms with Crippen LogP contribution in [-0.2, 0) is 6.42 Å². The van der Waals surface area contributed by atoms with Crippen molar-refractivity contribution in [2.24, 2.45) is 4.99 Å². The number of guanidine groups is 1. The molecule has 2 heterocycles. The standard InChI is InChI=1S/C20H32ClN5S/c1-2-22-19(23-10-7-17-5-6-18(21)24-15-17)25-16-20(8-3-4-9-20)26-11-13-27-14-12-26/h5-6,15H,2-4,7-14,16H2,1H3,(H2,22,23,25). The largest absolute Gasteiger partial charge is 0.357 e.